The summed E-state index contributed by atoms with van der Waals surface area (Å²) in [5.41, 5.74) is 1.29. The second-order valence-corrected chi connectivity index (χ2v) is 10.0. The summed E-state index contributed by atoms with van der Waals surface area (Å²) in [6.45, 7) is 1.85. The van der Waals surface area contributed by atoms with Crippen molar-refractivity contribution in [3.63, 3.8) is 0 Å². The van der Waals surface area contributed by atoms with Gasteiger partial charge in [0.2, 0.25) is 5.91 Å². The molecule has 2 aliphatic carbocycles. The SMILES string of the molecule is CN=C(NC1CCC(C(=O)N2CCSCC2)CC1)NC1CC1c1cccc(Cl)c1. The minimum absolute atomic E-state index is 0.210. The zero-order chi connectivity index (χ0) is 20.2. The van der Waals surface area contributed by atoms with Gasteiger partial charge in [-0.15, -0.1) is 0 Å². The Morgan fingerprint density at radius 1 is 1.17 bits per heavy atom. The molecule has 4 rings (SSSR count). The molecule has 3 aliphatic rings. The number of benzene rings is 1. The summed E-state index contributed by atoms with van der Waals surface area (Å²) in [6.07, 6.45) is 5.12. The van der Waals surface area contributed by atoms with Crippen molar-refractivity contribution in [3.8, 4) is 0 Å². The lowest BCUT2D eigenvalue weighted by atomic mass is 9.85. The summed E-state index contributed by atoms with van der Waals surface area (Å²) in [5, 5.41) is 7.94. The highest BCUT2D eigenvalue weighted by atomic mass is 35.5. The fourth-order valence-electron chi connectivity index (χ4n) is 4.53. The molecular weight excluding hydrogens is 404 g/mol. The van der Waals surface area contributed by atoms with Gasteiger partial charge in [0.15, 0.2) is 5.96 Å². The van der Waals surface area contributed by atoms with Crippen molar-refractivity contribution in [1.82, 2.24) is 15.5 Å². The van der Waals surface area contributed by atoms with Crippen LogP contribution >= 0.6 is 23.4 Å². The van der Waals surface area contributed by atoms with E-state index in [0.29, 0.717) is 23.9 Å². The van der Waals surface area contributed by atoms with E-state index in [2.05, 4.69) is 32.7 Å². The Bertz CT molecular complexity index is 744. The van der Waals surface area contributed by atoms with Gasteiger partial charge in [0.05, 0.1) is 0 Å². The Kier molecular flexibility index (Phi) is 6.91. The lowest BCUT2D eigenvalue weighted by Gasteiger charge is -2.34. The number of halogens is 1. The Morgan fingerprint density at radius 3 is 2.62 bits per heavy atom. The first-order chi connectivity index (χ1) is 14.1. The predicted molar refractivity (Wildman–Crippen MR) is 122 cm³/mol. The molecule has 2 saturated carbocycles. The molecule has 1 aromatic carbocycles. The van der Waals surface area contributed by atoms with Crippen LogP contribution in [-0.4, -0.2) is 60.5 Å². The zero-order valence-electron chi connectivity index (χ0n) is 17.1. The van der Waals surface area contributed by atoms with Gasteiger partial charge in [-0.05, 0) is 49.8 Å². The van der Waals surface area contributed by atoms with E-state index in [9.17, 15) is 4.79 Å². The quantitative estimate of drug-likeness (QED) is 0.562. The number of amides is 1. The maximum absolute atomic E-state index is 12.7. The highest BCUT2D eigenvalue weighted by molar-refractivity contribution is 7.99. The van der Waals surface area contributed by atoms with Crippen LogP contribution in [-0.2, 0) is 4.79 Å². The molecule has 158 valence electrons. The van der Waals surface area contributed by atoms with E-state index in [4.69, 9.17) is 11.6 Å². The van der Waals surface area contributed by atoms with E-state index in [1.54, 1.807) is 0 Å². The highest BCUT2D eigenvalue weighted by Crippen LogP contribution is 2.41. The molecule has 1 saturated heterocycles. The molecule has 1 heterocycles. The minimum atomic E-state index is 0.210. The second kappa shape index (κ2) is 9.61. The van der Waals surface area contributed by atoms with Gasteiger partial charge in [-0.1, -0.05) is 23.7 Å². The van der Waals surface area contributed by atoms with Crippen molar-refractivity contribution in [2.45, 2.75) is 50.1 Å². The lowest BCUT2D eigenvalue weighted by Crippen LogP contribution is -2.47. The zero-order valence-corrected chi connectivity index (χ0v) is 18.6. The number of hydrogen-bond donors (Lipinski definition) is 2. The largest absolute Gasteiger partial charge is 0.354 e. The van der Waals surface area contributed by atoms with Crippen LogP contribution in [0.5, 0.6) is 0 Å². The first-order valence-electron chi connectivity index (χ1n) is 10.8. The van der Waals surface area contributed by atoms with E-state index < -0.39 is 0 Å². The number of carbonyl (C=O) groups excluding carboxylic acids is 1. The second-order valence-electron chi connectivity index (χ2n) is 8.35. The molecule has 29 heavy (non-hydrogen) atoms. The topological polar surface area (TPSA) is 56.7 Å². The predicted octanol–water partition coefficient (Wildman–Crippen LogP) is 3.50. The number of nitrogens with one attached hydrogen (secondary N) is 2. The smallest absolute Gasteiger partial charge is 0.225 e. The van der Waals surface area contributed by atoms with E-state index in [1.807, 2.05) is 30.9 Å². The maximum atomic E-state index is 12.7. The molecule has 1 aromatic rings. The van der Waals surface area contributed by atoms with Crippen molar-refractivity contribution in [3.05, 3.63) is 34.9 Å². The standard InChI is InChI=1S/C22H31ClN4OS/c1-24-22(26-20-14-19(20)16-3-2-4-17(23)13-16)25-18-7-5-15(6-8-18)21(28)27-9-11-29-12-10-27/h2-4,13,15,18-20H,5-12,14H2,1H3,(H2,24,25,26). The van der Waals surface area contributed by atoms with Gasteiger partial charge in [-0.2, -0.15) is 11.8 Å². The molecule has 2 atom stereocenters. The van der Waals surface area contributed by atoms with Crippen molar-refractivity contribution in [1.29, 1.82) is 0 Å². The van der Waals surface area contributed by atoms with E-state index in [1.165, 1.54) is 5.56 Å². The summed E-state index contributed by atoms with van der Waals surface area (Å²) < 4.78 is 0. The molecule has 7 heteroatoms. The van der Waals surface area contributed by atoms with Gasteiger partial charge >= 0.3 is 0 Å². The van der Waals surface area contributed by atoms with Crippen LogP contribution in [0.15, 0.2) is 29.3 Å². The summed E-state index contributed by atoms with van der Waals surface area (Å²) in [6, 6.07) is 8.95. The molecule has 5 nitrogen and oxygen atoms in total. The monoisotopic (exact) mass is 434 g/mol. The minimum Gasteiger partial charge on any atom is -0.354 e. The van der Waals surface area contributed by atoms with E-state index in [-0.39, 0.29) is 5.92 Å². The van der Waals surface area contributed by atoms with Gasteiger partial charge < -0.3 is 15.5 Å². The van der Waals surface area contributed by atoms with Gasteiger partial charge in [0, 0.05) is 60.6 Å². The summed E-state index contributed by atoms with van der Waals surface area (Å²) >= 11 is 8.08. The normalized spacial score (nSPS) is 30.0. The average Bonchev–Trinajstić information content (AvgIpc) is 3.53. The average molecular weight is 435 g/mol. The number of aliphatic imine (C=N–C) groups is 1. The molecular formula is C22H31ClN4OS. The third-order valence-corrected chi connectivity index (χ3v) is 7.53. The Hall–Kier alpha value is -1.40. The van der Waals surface area contributed by atoms with Crippen molar-refractivity contribution in [2.24, 2.45) is 10.9 Å². The fourth-order valence-corrected chi connectivity index (χ4v) is 5.63. The molecule has 1 amide bonds. The van der Waals surface area contributed by atoms with Crippen LogP contribution in [0.2, 0.25) is 5.02 Å². The molecule has 0 radical (unpaired) electrons. The Balaban J connectivity index is 1.22. The third-order valence-electron chi connectivity index (χ3n) is 6.35. The molecule has 2 N–H and O–H groups in total. The van der Waals surface area contributed by atoms with Gasteiger partial charge in [0.25, 0.3) is 0 Å². The Labute approximate surface area is 183 Å². The molecule has 1 aliphatic heterocycles. The molecule has 0 aromatic heterocycles. The van der Waals surface area contributed by atoms with Crippen LogP contribution in [0, 0.1) is 5.92 Å². The number of thioether (sulfide) groups is 1. The van der Waals surface area contributed by atoms with Crippen LogP contribution < -0.4 is 10.6 Å². The molecule has 0 spiro atoms. The van der Waals surface area contributed by atoms with Gasteiger partial charge in [0.1, 0.15) is 0 Å². The summed E-state index contributed by atoms with van der Waals surface area (Å²) in [4.78, 5) is 19.2. The van der Waals surface area contributed by atoms with Crippen molar-refractivity contribution >= 4 is 35.2 Å². The Morgan fingerprint density at radius 2 is 1.93 bits per heavy atom. The molecule has 3 fully saturated rings. The first kappa shape index (κ1) is 20.9. The van der Waals surface area contributed by atoms with E-state index in [0.717, 1.165) is 67.7 Å². The number of hydrogen-bond acceptors (Lipinski definition) is 3. The number of rotatable bonds is 4. The van der Waals surface area contributed by atoms with Crippen molar-refractivity contribution in [2.75, 3.05) is 31.6 Å². The number of carbonyl (C=O) groups is 1. The lowest BCUT2D eigenvalue weighted by molar-refractivity contribution is -0.136. The van der Waals surface area contributed by atoms with Crippen LogP contribution in [0.25, 0.3) is 0 Å². The van der Waals surface area contributed by atoms with Crippen LogP contribution in [0.1, 0.15) is 43.6 Å². The number of guanidine groups is 1. The third kappa shape index (κ3) is 5.40. The molecule has 2 unspecified atom stereocenters. The highest BCUT2D eigenvalue weighted by Gasteiger charge is 2.39. The fraction of sp³-hybridized carbons (Fsp3) is 0.636. The van der Waals surface area contributed by atoms with Gasteiger partial charge in [-0.3, -0.25) is 9.79 Å². The van der Waals surface area contributed by atoms with Gasteiger partial charge in [-0.25, -0.2) is 0 Å². The number of nitrogens with zero attached hydrogens (tertiary/aromatic N) is 2. The first-order valence-corrected chi connectivity index (χ1v) is 12.3. The molecule has 0 bridgehead atoms. The van der Waals surface area contributed by atoms with Crippen LogP contribution in [0.4, 0.5) is 0 Å². The van der Waals surface area contributed by atoms with E-state index >= 15 is 0 Å². The van der Waals surface area contributed by atoms with Crippen molar-refractivity contribution < 1.29 is 4.79 Å². The maximum Gasteiger partial charge on any atom is 0.225 e. The summed E-state index contributed by atoms with van der Waals surface area (Å²) in [7, 11) is 1.83. The summed E-state index contributed by atoms with van der Waals surface area (Å²) in [5.74, 6) is 4.14. The van der Waals surface area contributed by atoms with Crippen LogP contribution in [0.3, 0.4) is 0 Å².